The molecular weight excluding hydrogens is 501 g/mol. The van der Waals surface area contributed by atoms with Crippen LogP contribution < -0.4 is 16.0 Å². The summed E-state index contributed by atoms with van der Waals surface area (Å²) in [6.45, 7) is -0.720. The van der Waals surface area contributed by atoms with E-state index in [2.05, 4.69) is 30.7 Å². The number of aliphatic hydroxyl groups excluding tert-OH is 1. The van der Waals surface area contributed by atoms with Crippen molar-refractivity contribution in [3.05, 3.63) is 47.4 Å². The predicted octanol–water partition coefficient (Wildman–Crippen LogP) is 3.03. The molecule has 2 fully saturated rings. The van der Waals surface area contributed by atoms with Gasteiger partial charge in [-0.3, -0.25) is 9.69 Å². The minimum absolute atomic E-state index is 0.0635. The van der Waals surface area contributed by atoms with Crippen LogP contribution >= 0.6 is 0 Å². The number of carbonyl (C=O) groups excluding carboxylic acids is 1. The van der Waals surface area contributed by atoms with Gasteiger partial charge in [0.15, 0.2) is 0 Å². The van der Waals surface area contributed by atoms with E-state index in [-0.39, 0.29) is 36.5 Å². The highest BCUT2D eigenvalue weighted by molar-refractivity contribution is 5.98. The number of nitrogens with one attached hydrogen (secondary N) is 3. The molecule has 4 rings (SSSR count). The van der Waals surface area contributed by atoms with Gasteiger partial charge < -0.3 is 25.8 Å². The summed E-state index contributed by atoms with van der Waals surface area (Å²) < 4.78 is 41.9. The molecule has 1 aromatic heterocycles. The quantitative estimate of drug-likeness (QED) is 0.328. The van der Waals surface area contributed by atoms with E-state index in [1.165, 1.54) is 18.3 Å². The van der Waals surface area contributed by atoms with E-state index in [4.69, 9.17) is 0 Å². The number of hydrogen-bond donors (Lipinski definition) is 4. The second-order valence-electron chi connectivity index (χ2n) is 9.80. The summed E-state index contributed by atoms with van der Waals surface area (Å²) in [7, 11) is 0. The number of anilines is 2. The largest absolute Gasteiger partial charge is 0.393 e. The van der Waals surface area contributed by atoms with Gasteiger partial charge in [-0.1, -0.05) is 12.1 Å². The molecule has 1 aromatic carbocycles. The van der Waals surface area contributed by atoms with Gasteiger partial charge in [0.05, 0.1) is 12.7 Å². The average molecular weight is 537 g/mol. The molecule has 1 saturated carbocycles. The lowest BCUT2D eigenvalue weighted by Gasteiger charge is -2.27. The van der Waals surface area contributed by atoms with Crippen molar-refractivity contribution in [1.82, 2.24) is 20.2 Å². The van der Waals surface area contributed by atoms with Gasteiger partial charge in [-0.05, 0) is 56.2 Å². The first-order valence-corrected chi connectivity index (χ1v) is 13.1. The molecule has 2 aromatic rings. The molecule has 9 nitrogen and oxygen atoms in total. The summed E-state index contributed by atoms with van der Waals surface area (Å²) in [5, 5.41) is 19.4. The predicted molar refractivity (Wildman–Crippen MR) is 137 cm³/mol. The van der Waals surface area contributed by atoms with E-state index in [1.807, 2.05) is 4.90 Å². The number of aliphatic hydroxyl groups is 1. The lowest BCUT2D eigenvalue weighted by atomic mass is 9.93. The Morgan fingerprint density at radius 2 is 1.89 bits per heavy atom. The number of aromatic nitrogens is 2. The molecule has 38 heavy (non-hydrogen) atoms. The Balaban J connectivity index is 1.37. The molecule has 0 unspecified atom stereocenters. The van der Waals surface area contributed by atoms with Crippen LogP contribution in [0.4, 0.5) is 24.9 Å². The van der Waals surface area contributed by atoms with Gasteiger partial charge in [0.25, 0.3) is 5.91 Å². The molecule has 0 spiro atoms. The average Bonchev–Trinajstić information content (AvgIpc) is 3.33. The van der Waals surface area contributed by atoms with Crippen LogP contribution in [-0.4, -0.2) is 83.5 Å². The Hall–Kier alpha value is -2.96. The molecule has 0 bridgehead atoms. The number of likely N-dealkylation sites (tertiary alicyclic amines) is 1. The number of rotatable bonds is 12. The Bertz CT molecular complexity index is 1040. The zero-order valence-electron chi connectivity index (χ0n) is 21.2. The van der Waals surface area contributed by atoms with Crippen molar-refractivity contribution < 1.29 is 27.8 Å². The SMILES string of the molecule is O=C(N[C@H]1CCN(CCOC(F)F)C1)c1cnc(NCCc2ccc(F)cc2)nc1NC1CCC(O)CC1. The van der Waals surface area contributed by atoms with Gasteiger partial charge >= 0.3 is 6.61 Å². The third-order valence-corrected chi connectivity index (χ3v) is 6.94. The summed E-state index contributed by atoms with van der Waals surface area (Å²) in [4.78, 5) is 24.1. The monoisotopic (exact) mass is 536 g/mol. The van der Waals surface area contributed by atoms with Crippen molar-refractivity contribution >= 4 is 17.7 Å². The number of halogens is 3. The van der Waals surface area contributed by atoms with Crippen molar-refractivity contribution in [2.45, 2.75) is 63.3 Å². The van der Waals surface area contributed by atoms with Crippen LogP contribution in [0.1, 0.15) is 48.0 Å². The highest BCUT2D eigenvalue weighted by Gasteiger charge is 2.27. The number of hydrogen-bond acceptors (Lipinski definition) is 8. The summed E-state index contributed by atoms with van der Waals surface area (Å²) in [6.07, 6.45) is 5.42. The fourth-order valence-corrected chi connectivity index (χ4v) is 4.81. The number of carbonyl (C=O) groups is 1. The number of amides is 1. The van der Waals surface area contributed by atoms with E-state index in [0.717, 1.165) is 18.4 Å². The number of alkyl halides is 2. The molecule has 1 saturated heterocycles. The number of nitrogens with zero attached hydrogens (tertiary/aromatic N) is 3. The standard InChI is InChI=1S/C26H35F3N6O3/c27-18-3-1-17(2-4-18)9-11-30-26-31-15-22(23(34-26)32-19-5-7-21(36)8-6-19)24(37)33-20-10-12-35(16-20)13-14-38-25(28)29/h1-4,15,19-21,25,36H,5-14,16H2,(H,33,37)(H2,30,31,32,34)/t19?,20-,21?/m0/s1. The maximum Gasteiger partial charge on any atom is 0.345 e. The first-order chi connectivity index (χ1) is 18.4. The van der Waals surface area contributed by atoms with Gasteiger partial charge in [0.1, 0.15) is 17.2 Å². The smallest absolute Gasteiger partial charge is 0.345 e. The fourth-order valence-electron chi connectivity index (χ4n) is 4.81. The molecule has 1 amide bonds. The van der Waals surface area contributed by atoms with Crippen molar-refractivity contribution in [3.63, 3.8) is 0 Å². The van der Waals surface area contributed by atoms with Crippen LogP contribution in [0.3, 0.4) is 0 Å². The minimum atomic E-state index is -2.79. The highest BCUT2D eigenvalue weighted by atomic mass is 19.3. The lowest BCUT2D eigenvalue weighted by molar-refractivity contribution is -0.131. The van der Waals surface area contributed by atoms with Crippen LogP contribution in [0.5, 0.6) is 0 Å². The van der Waals surface area contributed by atoms with Crippen molar-refractivity contribution in [2.75, 3.05) is 43.4 Å². The molecule has 1 aliphatic heterocycles. The summed E-state index contributed by atoms with van der Waals surface area (Å²) in [5.74, 6) is 0.198. The van der Waals surface area contributed by atoms with Gasteiger partial charge in [-0.15, -0.1) is 0 Å². The van der Waals surface area contributed by atoms with Crippen LogP contribution in [0.2, 0.25) is 0 Å². The van der Waals surface area contributed by atoms with Gasteiger partial charge in [0.2, 0.25) is 5.95 Å². The number of benzene rings is 1. The van der Waals surface area contributed by atoms with Crippen LogP contribution in [-0.2, 0) is 11.2 Å². The Labute approximate surface area is 220 Å². The molecular formula is C26H35F3N6O3. The maximum absolute atomic E-state index is 13.2. The van der Waals surface area contributed by atoms with Crippen LogP contribution in [0, 0.1) is 5.82 Å². The van der Waals surface area contributed by atoms with Gasteiger partial charge in [-0.2, -0.15) is 13.8 Å². The first-order valence-electron chi connectivity index (χ1n) is 13.1. The van der Waals surface area contributed by atoms with E-state index in [0.29, 0.717) is 69.2 Å². The molecule has 1 atom stereocenters. The number of ether oxygens (including phenoxy) is 1. The maximum atomic E-state index is 13.2. The zero-order chi connectivity index (χ0) is 26.9. The lowest BCUT2D eigenvalue weighted by Crippen LogP contribution is -2.38. The molecule has 4 N–H and O–H groups in total. The summed E-state index contributed by atoms with van der Waals surface area (Å²) >= 11 is 0. The normalized spacial score (nSPS) is 22.0. The van der Waals surface area contributed by atoms with Crippen molar-refractivity contribution in [2.24, 2.45) is 0 Å². The van der Waals surface area contributed by atoms with Crippen molar-refractivity contribution in [1.29, 1.82) is 0 Å². The second-order valence-corrected chi connectivity index (χ2v) is 9.80. The zero-order valence-corrected chi connectivity index (χ0v) is 21.2. The summed E-state index contributed by atoms with van der Waals surface area (Å²) in [5.41, 5.74) is 1.29. The second kappa shape index (κ2) is 13.7. The molecule has 2 aliphatic rings. The fraction of sp³-hybridized carbons (Fsp3) is 0.577. The highest BCUT2D eigenvalue weighted by Crippen LogP contribution is 2.24. The third kappa shape index (κ3) is 8.53. The van der Waals surface area contributed by atoms with E-state index in [9.17, 15) is 23.1 Å². The molecule has 2 heterocycles. The van der Waals surface area contributed by atoms with Gasteiger partial charge in [0, 0.05) is 44.5 Å². The Morgan fingerprint density at radius 1 is 1.13 bits per heavy atom. The molecule has 1 aliphatic carbocycles. The van der Waals surface area contributed by atoms with E-state index in [1.54, 1.807) is 12.1 Å². The topological polar surface area (TPSA) is 112 Å². The van der Waals surface area contributed by atoms with Gasteiger partial charge in [-0.25, -0.2) is 9.37 Å². The summed E-state index contributed by atoms with van der Waals surface area (Å²) in [6, 6.07) is 6.24. The first kappa shape index (κ1) is 28.1. The molecule has 208 valence electrons. The van der Waals surface area contributed by atoms with Crippen LogP contribution in [0.15, 0.2) is 30.5 Å². The van der Waals surface area contributed by atoms with E-state index >= 15 is 0 Å². The van der Waals surface area contributed by atoms with Crippen molar-refractivity contribution in [3.8, 4) is 0 Å². The Kier molecular flexibility index (Phi) is 10.1. The molecule has 0 radical (unpaired) electrons. The minimum Gasteiger partial charge on any atom is -0.393 e. The van der Waals surface area contributed by atoms with E-state index < -0.39 is 6.61 Å². The third-order valence-electron chi connectivity index (χ3n) is 6.94. The Morgan fingerprint density at radius 3 is 2.63 bits per heavy atom. The molecule has 12 heteroatoms. The van der Waals surface area contributed by atoms with Crippen LogP contribution in [0.25, 0.3) is 0 Å².